The molecule has 0 fully saturated rings. The molecule has 0 saturated heterocycles. The lowest BCUT2D eigenvalue weighted by Gasteiger charge is -2.03. The lowest BCUT2D eigenvalue weighted by Crippen LogP contribution is -1.93. The molecule has 0 aliphatic rings. The zero-order valence-electron chi connectivity index (χ0n) is 6.89. The minimum atomic E-state index is 0.880. The summed E-state index contributed by atoms with van der Waals surface area (Å²) < 4.78 is 0. The second-order valence-corrected chi connectivity index (χ2v) is 2.53. The van der Waals surface area contributed by atoms with Gasteiger partial charge in [-0.15, -0.1) is 0 Å². The first-order valence-electron chi connectivity index (χ1n) is 3.54. The average Bonchev–Trinajstić information content (AvgIpc) is 1.95. The third-order valence-corrected chi connectivity index (χ3v) is 1.45. The summed E-state index contributed by atoms with van der Waals surface area (Å²) in [5, 5.41) is 2.96. The molecule has 1 aromatic rings. The van der Waals surface area contributed by atoms with Crippen LogP contribution in [-0.2, 0) is 0 Å². The number of aromatic nitrogens is 1. The van der Waals surface area contributed by atoms with Crippen LogP contribution in [-0.4, -0.2) is 4.98 Å². The van der Waals surface area contributed by atoms with E-state index in [9.17, 15) is 0 Å². The molecule has 0 bridgehead atoms. The Labute approximate surface area is 67.0 Å². The molecule has 0 amide bonds. The molecule has 0 radical (unpaired) electrons. The molecule has 1 N–H and O–H groups in total. The number of pyridine rings is 1. The molecule has 0 aromatic carbocycles. The molecule has 0 atom stereocenters. The lowest BCUT2D eigenvalue weighted by molar-refractivity contribution is 1.21. The van der Waals surface area contributed by atoms with Gasteiger partial charge in [-0.2, -0.15) is 0 Å². The Morgan fingerprint density at radius 1 is 1.55 bits per heavy atom. The van der Waals surface area contributed by atoms with Crippen molar-refractivity contribution in [1.82, 2.24) is 4.98 Å². The summed E-state index contributed by atoms with van der Waals surface area (Å²) in [4.78, 5) is 4.19. The van der Waals surface area contributed by atoms with Crippen molar-refractivity contribution < 1.29 is 0 Å². The quantitative estimate of drug-likeness (QED) is 0.695. The SMILES string of the molecule is C=CNc1ncc(C)cc1C. The van der Waals surface area contributed by atoms with Crippen LogP contribution < -0.4 is 5.32 Å². The predicted molar refractivity (Wildman–Crippen MR) is 47.5 cm³/mol. The fourth-order valence-electron chi connectivity index (χ4n) is 0.963. The van der Waals surface area contributed by atoms with Gasteiger partial charge in [0.2, 0.25) is 0 Å². The molecule has 58 valence electrons. The first-order chi connectivity index (χ1) is 5.24. The van der Waals surface area contributed by atoms with E-state index >= 15 is 0 Å². The minimum absolute atomic E-state index is 0.880. The van der Waals surface area contributed by atoms with Crippen LogP contribution >= 0.6 is 0 Å². The molecule has 0 saturated carbocycles. The van der Waals surface area contributed by atoms with E-state index in [0.717, 1.165) is 11.4 Å². The maximum atomic E-state index is 4.19. The Morgan fingerprint density at radius 3 is 2.82 bits per heavy atom. The molecule has 1 heterocycles. The maximum Gasteiger partial charge on any atom is 0.132 e. The van der Waals surface area contributed by atoms with Crippen LogP contribution in [0, 0.1) is 13.8 Å². The number of rotatable bonds is 2. The van der Waals surface area contributed by atoms with Crippen LogP contribution in [0.5, 0.6) is 0 Å². The lowest BCUT2D eigenvalue weighted by atomic mass is 10.2. The van der Waals surface area contributed by atoms with Gasteiger partial charge in [0, 0.05) is 6.20 Å². The summed E-state index contributed by atoms with van der Waals surface area (Å²) in [6, 6.07) is 2.08. The van der Waals surface area contributed by atoms with Crippen molar-refractivity contribution in [2.24, 2.45) is 0 Å². The van der Waals surface area contributed by atoms with Gasteiger partial charge < -0.3 is 5.32 Å². The fourth-order valence-corrected chi connectivity index (χ4v) is 0.963. The summed E-state index contributed by atoms with van der Waals surface area (Å²) in [5.74, 6) is 0.880. The number of aryl methyl sites for hydroxylation is 2. The monoisotopic (exact) mass is 148 g/mol. The Bertz CT molecular complexity index is 266. The van der Waals surface area contributed by atoms with Crippen LogP contribution in [0.3, 0.4) is 0 Å². The Kier molecular flexibility index (Phi) is 2.26. The number of nitrogens with one attached hydrogen (secondary N) is 1. The van der Waals surface area contributed by atoms with Crippen LogP contribution in [0.2, 0.25) is 0 Å². The van der Waals surface area contributed by atoms with Gasteiger partial charge in [0.1, 0.15) is 5.82 Å². The molecule has 2 heteroatoms. The Morgan fingerprint density at radius 2 is 2.27 bits per heavy atom. The van der Waals surface area contributed by atoms with Gasteiger partial charge in [-0.05, 0) is 31.2 Å². The van der Waals surface area contributed by atoms with Crippen molar-refractivity contribution in [2.45, 2.75) is 13.8 Å². The van der Waals surface area contributed by atoms with Gasteiger partial charge in [-0.25, -0.2) is 4.98 Å². The molecule has 0 spiro atoms. The van der Waals surface area contributed by atoms with Gasteiger partial charge >= 0.3 is 0 Å². The molecule has 1 aromatic heterocycles. The topological polar surface area (TPSA) is 24.9 Å². The summed E-state index contributed by atoms with van der Waals surface area (Å²) in [5.41, 5.74) is 2.32. The van der Waals surface area contributed by atoms with Crippen molar-refractivity contribution >= 4 is 5.82 Å². The van der Waals surface area contributed by atoms with Crippen LogP contribution in [0.25, 0.3) is 0 Å². The van der Waals surface area contributed by atoms with Crippen molar-refractivity contribution in [1.29, 1.82) is 0 Å². The molecule has 0 aliphatic heterocycles. The third kappa shape index (κ3) is 1.80. The fraction of sp³-hybridized carbons (Fsp3) is 0.222. The summed E-state index contributed by atoms with van der Waals surface area (Å²) in [7, 11) is 0. The maximum absolute atomic E-state index is 4.19. The molecular weight excluding hydrogens is 136 g/mol. The first-order valence-corrected chi connectivity index (χ1v) is 3.54. The second-order valence-electron chi connectivity index (χ2n) is 2.53. The zero-order chi connectivity index (χ0) is 8.27. The van der Waals surface area contributed by atoms with Gasteiger partial charge in [0.15, 0.2) is 0 Å². The molecule has 2 nitrogen and oxygen atoms in total. The van der Waals surface area contributed by atoms with Crippen molar-refractivity contribution in [3.05, 3.63) is 36.2 Å². The highest BCUT2D eigenvalue weighted by Gasteiger charge is 1.95. The number of nitrogens with zero attached hydrogens (tertiary/aromatic N) is 1. The van der Waals surface area contributed by atoms with E-state index in [4.69, 9.17) is 0 Å². The molecular formula is C9H12N2. The van der Waals surface area contributed by atoms with Crippen LogP contribution in [0.1, 0.15) is 11.1 Å². The van der Waals surface area contributed by atoms with Gasteiger partial charge in [-0.1, -0.05) is 12.6 Å². The average molecular weight is 148 g/mol. The minimum Gasteiger partial charge on any atom is -0.347 e. The van der Waals surface area contributed by atoms with E-state index < -0.39 is 0 Å². The van der Waals surface area contributed by atoms with Gasteiger partial charge in [0.25, 0.3) is 0 Å². The zero-order valence-corrected chi connectivity index (χ0v) is 6.89. The van der Waals surface area contributed by atoms with E-state index in [1.807, 2.05) is 20.0 Å². The van der Waals surface area contributed by atoms with E-state index in [2.05, 4.69) is 22.9 Å². The van der Waals surface area contributed by atoms with E-state index in [1.165, 1.54) is 5.56 Å². The molecule has 0 unspecified atom stereocenters. The van der Waals surface area contributed by atoms with E-state index in [-0.39, 0.29) is 0 Å². The highest BCUT2D eigenvalue weighted by molar-refractivity contribution is 5.45. The number of anilines is 1. The smallest absolute Gasteiger partial charge is 0.132 e. The van der Waals surface area contributed by atoms with Crippen molar-refractivity contribution in [3.8, 4) is 0 Å². The largest absolute Gasteiger partial charge is 0.347 e. The van der Waals surface area contributed by atoms with Crippen molar-refractivity contribution in [3.63, 3.8) is 0 Å². The molecule has 11 heavy (non-hydrogen) atoms. The number of hydrogen-bond acceptors (Lipinski definition) is 2. The Hall–Kier alpha value is -1.31. The van der Waals surface area contributed by atoms with Crippen molar-refractivity contribution in [2.75, 3.05) is 5.32 Å². The summed E-state index contributed by atoms with van der Waals surface area (Å²) >= 11 is 0. The normalized spacial score (nSPS) is 9.27. The summed E-state index contributed by atoms with van der Waals surface area (Å²) in [6.07, 6.45) is 3.46. The Balaban J connectivity index is 2.98. The van der Waals surface area contributed by atoms with E-state index in [1.54, 1.807) is 6.20 Å². The van der Waals surface area contributed by atoms with Gasteiger partial charge in [0.05, 0.1) is 0 Å². The highest BCUT2D eigenvalue weighted by atomic mass is 15.0. The highest BCUT2D eigenvalue weighted by Crippen LogP contribution is 2.11. The second kappa shape index (κ2) is 3.19. The molecule has 0 aliphatic carbocycles. The molecule has 1 rings (SSSR count). The van der Waals surface area contributed by atoms with Crippen LogP contribution in [0.4, 0.5) is 5.82 Å². The summed E-state index contributed by atoms with van der Waals surface area (Å²) in [6.45, 7) is 7.61. The first kappa shape index (κ1) is 7.79. The van der Waals surface area contributed by atoms with Crippen LogP contribution in [0.15, 0.2) is 25.0 Å². The van der Waals surface area contributed by atoms with Gasteiger partial charge in [-0.3, -0.25) is 0 Å². The predicted octanol–water partition coefficient (Wildman–Crippen LogP) is 2.25. The standard InChI is InChI=1S/C9H12N2/c1-4-10-9-8(3)5-7(2)6-11-9/h4-6H,1H2,2-3H3,(H,10,11). The third-order valence-electron chi connectivity index (χ3n) is 1.45. The van der Waals surface area contributed by atoms with E-state index in [0.29, 0.717) is 0 Å². The number of hydrogen-bond donors (Lipinski definition) is 1.